The predicted octanol–water partition coefficient (Wildman–Crippen LogP) is 1.02. The Bertz CT molecular complexity index is 525. The number of primary amides is 1. The predicted molar refractivity (Wildman–Crippen MR) is 82.1 cm³/mol. The van der Waals surface area contributed by atoms with Gasteiger partial charge in [0.1, 0.15) is 6.04 Å². The van der Waals surface area contributed by atoms with Crippen LogP contribution in [0, 0.1) is 0 Å². The van der Waals surface area contributed by atoms with E-state index in [0.29, 0.717) is 6.42 Å². The second-order valence-electron chi connectivity index (χ2n) is 5.13. The number of aryl methyl sites for hydroxylation is 2. The number of carboxylic acid groups (broad SMARTS) is 1. The molecule has 0 saturated heterocycles. The summed E-state index contributed by atoms with van der Waals surface area (Å²) in [6, 6.07) is 6.88. The molecule has 1 aromatic rings. The lowest BCUT2D eigenvalue weighted by molar-refractivity contribution is -0.142. The number of aliphatic carboxylic acids is 1. The maximum atomic E-state index is 11.8. The lowest BCUT2D eigenvalue weighted by Gasteiger charge is -2.13. The minimum atomic E-state index is -1.16. The van der Waals surface area contributed by atoms with Gasteiger partial charge in [-0.2, -0.15) is 0 Å². The van der Waals surface area contributed by atoms with Crippen molar-refractivity contribution in [2.45, 2.75) is 45.1 Å². The molecule has 0 aromatic heterocycles. The van der Waals surface area contributed by atoms with Crippen LogP contribution in [-0.2, 0) is 27.2 Å². The maximum Gasteiger partial charge on any atom is 0.326 e. The lowest BCUT2D eigenvalue weighted by atomic mass is 10.1. The number of amides is 2. The Hall–Kier alpha value is -2.37. The molecular formula is C16H22N2O4. The number of hydrogen-bond acceptors (Lipinski definition) is 3. The van der Waals surface area contributed by atoms with Crippen molar-refractivity contribution < 1.29 is 19.5 Å². The van der Waals surface area contributed by atoms with Gasteiger partial charge in [-0.15, -0.1) is 0 Å². The highest BCUT2D eigenvalue weighted by Gasteiger charge is 2.20. The summed E-state index contributed by atoms with van der Waals surface area (Å²) in [5.41, 5.74) is 7.24. The van der Waals surface area contributed by atoms with E-state index in [1.807, 2.05) is 24.3 Å². The van der Waals surface area contributed by atoms with E-state index in [0.717, 1.165) is 12.0 Å². The zero-order valence-corrected chi connectivity index (χ0v) is 12.7. The molecule has 6 heteroatoms. The van der Waals surface area contributed by atoms with Crippen molar-refractivity contribution >= 4 is 17.8 Å². The molecule has 0 bridgehead atoms. The summed E-state index contributed by atoms with van der Waals surface area (Å²) < 4.78 is 0. The van der Waals surface area contributed by atoms with Gasteiger partial charge in [0.25, 0.3) is 0 Å². The van der Waals surface area contributed by atoms with Gasteiger partial charge in [-0.05, 0) is 30.4 Å². The quantitative estimate of drug-likeness (QED) is 0.632. The molecule has 0 unspecified atom stereocenters. The van der Waals surface area contributed by atoms with Crippen molar-refractivity contribution in [2.24, 2.45) is 5.73 Å². The van der Waals surface area contributed by atoms with Crippen LogP contribution in [0.3, 0.4) is 0 Å². The first-order valence-corrected chi connectivity index (χ1v) is 7.30. The Labute approximate surface area is 129 Å². The molecule has 1 rings (SSSR count). The Balaban J connectivity index is 2.45. The van der Waals surface area contributed by atoms with Crippen LogP contribution >= 0.6 is 0 Å². The molecule has 1 atom stereocenters. The third-order valence-electron chi connectivity index (χ3n) is 3.38. The average Bonchev–Trinajstić information content (AvgIpc) is 2.49. The van der Waals surface area contributed by atoms with Crippen LogP contribution in [0.15, 0.2) is 24.3 Å². The van der Waals surface area contributed by atoms with E-state index in [1.165, 1.54) is 5.56 Å². The number of carbonyl (C=O) groups excluding carboxylic acids is 2. The Kier molecular flexibility index (Phi) is 7.08. The van der Waals surface area contributed by atoms with E-state index in [-0.39, 0.29) is 25.2 Å². The molecule has 0 radical (unpaired) electrons. The number of nitrogens with two attached hydrogens (primary N) is 1. The highest BCUT2D eigenvalue weighted by atomic mass is 16.4. The number of carboxylic acids is 1. The molecular weight excluding hydrogens is 284 g/mol. The second-order valence-corrected chi connectivity index (χ2v) is 5.13. The molecule has 6 nitrogen and oxygen atoms in total. The third kappa shape index (κ3) is 6.39. The fourth-order valence-electron chi connectivity index (χ4n) is 2.01. The molecule has 22 heavy (non-hydrogen) atoms. The van der Waals surface area contributed by atoms with Crippen LogP contribution in [0.25, 0.3) is 0 Å². The molecule has 0 aliphatic carbocycles. The van der Waals surface area contributed by atoms with Crippen molar-refractivity contribution in [2.75, 3.05) is 0 Å². The van der Waals surface area contributed by atoms with E-state index in [2.05, 4.69) is 12.2 Å². The van der Waals surface area contributed by atoms with E-state index in [9.17, 15) is 14.4 Å². The van der Waals surface area contributed by atoms with Crippen molar-refractivity contribution in [3.63, 3.8) is 0 Å². The van der Waals surface area contributed by atoms with Gasteiger partial charge in [0.2, 0.25) is 11.8 Å². The standard InChI is InChI=1S/C16H22N2O4/c1-2-11-3-5-12(6-4-11)7-10-15(20)18-13(16(21)22)8-9-14(17)19/h3-6,13H,2,7-10H2,1H3,(H2,17,19)(H,18,20)(H,21,22)/t13-/m0/s1. The molecule has 1 aromatic carbocycles. The van der Waals surface area contributed by atoms with Crippen LogP contribution in [0.2, 0.25) is 0 Å². The van der Waals surface area contributed by atoms with Crippen molar-refractivity contribution in [3.8, 4) is 0 Å². The molecule has 120 valence electrons. The monoisotopic (exact) mass is 306 g/mol. The highest BCUT2D eigenvalue weighted by molar-refractivity contribution is 5.84. The van der Waals surface area contributed by atoms with Crippen LogP contribution in [0.1, 0.15) is 37.3 Å². The summed E-state index contributed by atoms with van der Waals surface area (Å²) in [4.78, 5) is 33.5. The number of carbonyl (C=O) groups is 3. The normalized spacial score (nSPS) is 11.7. The first-order valence-electron chi connectivity index (χ1n) is 7.30. The summed E-state index contributed by atoms with van der Waals surface area (Å²) in [5, 5.41) is 11.4. The smallest absolute Gasteiger partial charge is 0.326 e. The van der Waals surface area contributed by atoms with Crippen LogP contribution in [-0.4, -0.2) is 28.9 Å². The van der Waals surface area contributed by atoms with Gasteiger partial charge >= 0.3 is 5.97 Å². The topological polar surface area (TPSA) is 109 Å². The first kappa shape index (κ1) is 17.7. The lowest BCUT2D eigenvalue weighted by Crippen LogP contribution is -2.41. The Morgan fingerprint density at radius 3 is 2.23 bits per heavy atom. The van der Waals surface area contributed by atoms with Gasteiger partial charge in [-0.3, -0.25) is 9.59 Å². The molecule has 0 heterocycles. The summed E-state index contributed by atoms with van der Waals surface area (Å²) in [7, 11) is 0. The zero-order valence-electron chi connectivity index (χ0n) is 12.7. The van der Waals surface area contributed by atoms with Gasteiger partial charge in [0.15, 0.2) is 0 Å². The number of nitrogens with one attached hydrogen (secondary N) is 1. The first-order chi connectivity index (χ1) is 10.4. The van der Waals surface area contributed by atoms with E-state index < -0.39 is 17.9 Å². The molecule has 0 aliphatic rings. The summed E-state index contributed by atoms with van der Waals surface area (Å²) >= 11 is 0. The zero-order chi connectivity index (χ0) is 16.5. The summed E-state index contributed by atoms with van der Waals surface area (Å²) in [6.07, 6.45) is 1.63. The summed E-state index contributed by atoms with van der Waals surface area (Å²) in [6.45, 7) is 2.07. The van der Waals surface area contributed by atoms with Gasteiger partial charge in [0.05, 0.1) is 0 Å². The summed E-state index contributed by atoms with van der Waals surface area (Å²) in [5.74, 6) is -2.10. The van der Waals surface area contributed by atoms with Crippen LogP contribution in [0.5, 0.6) is 0 Å². The third-order valence-corrected chi connectivity index (χ3v) is 3.38. The number of benzene rings is 1. The highest BCUT2D eigenvalue weighted by Crippen LogP contribution is 2.07. The van der Waals surface area contributed by atoms with E-state index >= 15 is 0 Å². The average molecular weight is 306 g/mol. The Morgan fingerprint density at radius 2 is 1.73 bits per heavy atom. The van der Waals surface area contributed by atoms with Crippen LogP contribution < -0.4 is 11.1 Å². The molecule has 0 saturated carbocycles. The fraction of sp³-hybridized carbons (Fsp3) is 0.438. The van der Waals surface area contributed by atoms with Gasteiger partial charge in [-0.1, -0.05) is 31.2 Å². The molecule has 0 fully saturated rings. The minimum Gasteiger partial charge on any atom is -0.480 e. The molecule has 0 aliphatic heterocycles. The van der Waals surface area contributed by atoms with Crippen molar-refractivity contribution in [3.05, 3.63) is 35.4 Å². The van der Waals surface area contributed by atoms with Gasteiger partial charge < -0.3 is 16.2 Å². The molecule has 4 N–H and O–H groups in total. The fourth-order valence-corrected chi connectivity index (χ4v) is 2.01. The van der Waals surface area contributed by atoms with Crippen molar-refractivity contribution in [1.29, 1.82) is 0 Å². The van der Waals surface area contributed by atoms with Gasteiger partial charge in [-0.25, -0.2) is 4.79 Å². The SMILES string of the molecule is CCc1ccc(CCC(=O)N[C@@H](CCC(N)=O)C(=O)O)cc1. The number of hydrogen-bond donors (Lipinski definition) is 3. The number of rotatable bonds is 9. The molecule has 2 amide bonds. The minimum absolute atomic E-state index is 0.00159. The van der Waals surface area contributed by atoms with Crippen LogP contribution in [0.4, 0.5) is 0 Å². The second kappa shape index (κ2) is 8.81. The van der Waals surface area contributed by atoms with Gasteiger partial charge in [0, 0.05) is 12.8 Å². The largest absolute Gasteiger partial charge is 0.480 e. The van der Waals surface area contributed by atoms with E-state index in [1.54, 1.807) is 0 Å². The molecule has 0 spiro atoms. The van der Waals surface area contributed by atoms with E-state index in [4.69, 9.17) is 10.8 Å². The Morgan fingerprint density at radius 1 is 1.14 bits per heavy atom. The maximum absolute atomic E-state index is 11.8. The van der Waals surface area contributed by atoms with Crippen molar-refractivity contribution in [1.82, 2.24) is 5.32 Å².